The fourth-order valence-corrected chi connectivity index (χ4v) is 3.98. The zero-order valence-corrected chi connectivity index (χ0v) is 17.6. The quantitative estimate of drug-likeness (QED) is 0.343. The average molecular weight is 413 g/mol. The minimum Gasteiger partial charge on any atom is -0.309 e. The smallest absolute Gasteiger partial charge is 0.166 e. The third-order valence-electron chi connectivity index (χ3n) is 5.31. The third kappa shape index (κ3) is 3.19. The molecule has 0 radical (unpaired) electrons. The fraction of sp³-hybridized carbons (Fsp3) is 0.120. The molecule has 0 spiro atoms. The lowest BCUT2D eigenvalue weighted by atomic mass is 10.0. The highest BCUT2D eigenvalue weighted by Crippen LogP contribution is 2.33. The summed E-state index contributed by atoms with van der Waals surface area (Å²) in [4.78, 5) is 5.02. The molecule has 0 N–H and O–H groups in total. The molecule has 0 unspecified atom stereocenters. The maximum absolute atomic E-state index is 6.31. The number of hydrogen-bond acceptors (Lipinski definition) is 2. The summed E-state index contributed by atoms with van der Waals surface area (Å²) >= 11 is 6.31. The molecule has 0 fully saturated rings. The van der Waals surface area contributed by atoms with Crippen LogP contribution < -0.4 is 0 Å². The fourth-order valence-electron chi connectivity index (χ4n) is 3.78. The van der Waals surface area contributed by atoms with Gasteiger partial charge in [0.2, 0.25) is 0 Å². The van der Waals surface area contributed by atoms with Crippen molar-refractivity contribution in [1.82, 2.24) is 19.2 Å². The normalized spacial score (nSPS) is 11.3. The number of aryl methyl sites for hydroxylation is 2. The molecule has 5 aromatic rings. The molecule has 2 aromatic carbocycles. The highest BCUT2D eigenvalue weighted by atomic mass is 35.5. The van der Waals surface area contributed by atoms with Gasteiger partial charge in [-0.3, -0.25) is 0 Å². The lowest BCUT2D eigenvalue weighted by Gasteiger charge is -2.10. The van der Waals surface area contributed by atoms with Crippen LogP contribution in [0.1, 0.15) is 18.2 Å². The molecule has 5 heteroatoms. The van der Waals surface area contributed by atoms with Crippen molar-refractivity contribution >= 4 is 17.2 Å². The predicted octanol–water partition coefficient (Wildman–Crippen LogP) is 6.38. The van der Waals surface area contributed by atoms with Crippen molar-refractivity contribution < 1.29 is 0 Å². The molecule has 3 heterocycles. The van der Waals surface area contributed by atoms with E-state index in [2.05, 4.69) is 50.2 Å². The van der Waals surface area contributed by atoms with E-state index in [9.17, 15) is 0 Å². The van der Waals surface area contributed by atoms with Gasteiger partial charge in [-0.15, -0.1) is 0 Å². The van der Waals surface area contributed by atoms with E-state index < -0.39 is 0 Å². The van der Waals surface area contributed by atoms with E-state index in [1.165, 1.54) is 5.56 Å². The Bertz CT molecular complexity index is 1330. The lowest BCUT2D eigenvalue weighted by molar-refractivity contribution is 0.882. The SMILES string of the molecule is CCc1nn2c(-c3cccc(Cl)c3)cc(-n3cccc3)nc2c1-c1ccc(C)cc1. The second-order valence-corrected chi connectivity index (χ2v) is 7.81. The second-order valence-electron chi connectivity index (χ2n) is 7.38. The van der Waals surface area contributed by atoms with Crippen molar-refractivity contribution in [2.75, 3.05) is 0 Å². The summed E-state index contributed by atoms with van der Waals surface area (Å²) in [7, 11) is 0. The first-order valence-electron chi connectivity index (χ1n) is 10.0. The number of aromatic nitrogens is 4. The zero-order valence-electron chi connectivity index (χ0n) is 16.9. The largest absolute Gasteiger partial charge is 0.309 e. The van der Waals surface area contributed by atoms with E-state index in [-0.39, 0.29) is 0 Å². The van der Waals surface area contributed by atoms with Crippen molar-refractivity contribution in [3.63, 3.8) is 0 Å². The number of benzene rings is 2. The van der Waals surface area contributed by atoms with Crippen LogP contribution in [-0.4, -0.2) is 19.2 Å². The van der Waals surface area contributed by atoms with Crippen LogP contribution in [0.2, 0.25) is 5.02 Å². The van der Waals surface area contributed by atoms with Crippen LogP contribution in [0, 0.1) is 6.92 Å². The van der Waals surface area contributed by atoms with Gasteiger partial charge >= 0.3 is 0 Å². The Morgan fingerprint density at radius 3 is 2.37 bits per heavy atom. The summed E-state index contributed by atoms with van der Waals surface area (Å²) in [5, 5.41) is 5.66. The third-order valence-corrected chi connectivity index (χ3v) is 5.55. The zero-order chi connectivity index (χ0) is 20.7. The Balaban J connectivity index is 1.86. The topological polar surface area (TPSA) is 35.1 Å². The first-order valence-corrected chi connectivity index (χ1v) is 10.4. The maximum Gasteiger partial charge on any atom is 0.166 e. The summed E-state index contributed by atoms with van der Waals surface area (Å²) in [5.41, 5.74) is 7.27. The Morgan fingerprint density at radius 2 is 1.67 bits per heavy atom. The summed E-state index contributed by atoms with van der Waals surface area (Å²) in [5.74, 6) is 0.846. The molecular formula is C25H21ClN4. The van der Waals surface area contributed by atoms with Crippen LogP contribution in [0.4, 0.5) is 0 Å². The lowest BCUT2D eigenvalue weighted by Crippen LogP contribution is -2.02. The summed E-state index contributed by atoms with van der Waals surface area (Å²) in [6.45, 7) is 4.23. The number of fused-ring (bicyclic) bond motifs is 1. The van der Waals surface area contributed by atoms with E-state index in [1.807, 2.05) is 51.8 Å². The number of nitrogens with zero attached hydrogens (tertiary/aromatic N) is 4. The molecule has 0 aliphatic heterocycles. The van der Waals surface area contributed by atoms with Gasteiger partial charge in [-0.05, 0) is 43.2 Å². The molecular weight excluding hydrogens is 392 g/mol. The van der Waals surface area contributed by atoms with Gasteiger partial charge in [-0.25, -0.2) is 9.50 Å². The molecule has 4 nitrogen and oxygen atoms in total. The monoisotopic (exact) mass is 412 g/mol. The van der Waals surface area contributed by atoms with Crippen molar-refractivity contribution in [3.05, 3.63) is 95.4 Å². The Morgan fingerprint density at radius 1 is 0.900 bits per heavy atom. The molecule has 5 rings (SSSR count). The summed E-state index contributed by atoms with van der Waals surface area (Å²) < 4.78 is 3.97. The van der Waals surface area contributed by atoms with Crippen LogP contribution in [0.25, 0.3) is 33.8 Å². The Hall–Kier alpha value is -3.37. The molecule has 30 heavy (non-hydrogen) atoms. The maximum atomic E-state index is 6.31. The number of hydrogen-bond donors (Lipinski definition) is 0. The first-order chi connectivity index (χ1) is 14.6. The molecule has 3 aromatic heterocycles. The van der Waals surface area contributed by atoms with E-state index in [0.717, 1.165) is 46.0 Å². The van der Waals surface area contributed by atoms with E-state index in [4.69, 9.17) is 21.7 Å². The molecule has 0 amide bonds. The van der Waals surface area contributed by atoms with Gasteiger partial charge in [0.15, 0.2) is 5.65 Å². The minimum absolute atomic E-state index is 0.696. The van der Waals surface area contributed by atoms with Gasteiger partial charge < -0.3 is 4.57 Å². The molecule has 0 saturated carbocycles. The van der Waals surface area contributed by atoms with Crippen molar-refractivity contribution in [2.24, 2.45) is 0 Å². The molecule has 0 saturated heterocycles. The molecule has 0 aliphatic carbocycles. The number of halogens is 1. The molecule has 0 aliphatic rings. The van der Waals surface area contributed by atoms with Crippen LogP contribution in [0.5, 0.6) is 0 Å². The highest BCUT2D eigenvalue weighted by molar-refractivity contribution is 6.30. The van der Waals surface area contributed by atoms with Crippen molar-refractivity contribution in [2.45, 2.75) is 20.3 Å². The summed E-state index contributed by atoms with van der Waals surface area (Å²) in [6, 6.07) is 22.5. The van der Waals surface area contributed by atoms with E-state index in [1.54, 1.807) is 0 Å². The highest BCUT2D eigenvalue weighted by Gasteiger charge is 2.19. The average Bonchev–Trinajstić information content (AvgIpc) is 3.41. The van der Waals surface area contributed by atoms with Crippen LogP contribution >= 0.6 is 11.6 Å². The standard InChI is InChI=1S/C25H21ClN4/c1-3-21-24(18-11-9-17(2)10-12-18)25-27-23(29-13-4-5-14-29)16-22(30(25)28-21)19-7-6-8-20(26)15-19/h4-16H,3H2,1-2H3. The predicted molar refractivity (Wildman–Crippen MR) is 122 cm³/mol. The van der Waals surface area contributed by atoms with Gasteiger partial charge in [-0.1, -0.05) is 60.5 Å². The van der Waals surface area contributed by atoms with Gasteiger partial charge in [-0.2, -0.15) is 5.10 Å². The Labute approximate surface area is 180 Å². The van der Waals surface area contributed by atoms with Crippen molar-refractivity contribution in [3.8, 4) is 28.2 Å². The Kier molecular flexibility index (Phi) is 4.64. The minimum atomic E-state index is 0.696. The van der Waals surface area contributed by atoms with Gasteiger partial charge in [0.1, 0.15) is 5.82 Å². The van der Waals surface area contributed by atoms with E-state index in [0.29, 0.717) is 5.02 Å². The van der Waals surface area contributed by atoms with Gasteiger partial charge in [0.05, 0.1) is 11.4 Å². The molecule has 0 atom stereocenters. The molecule has 148 valence electrons. The van der Waals surface area contributed by atoms with Crippen LogP contribution in [0.3, 0.4) is 0 Å². The summed E-state index contributed by atoms with van der Waals surface area (Å²) in [6.07, 6.45) is 4.83. The second kappa shape index (κ2) is 7.47. The first kappa shape index (κ1) is 18.6. The molecule has 0 bridgehead atoms. The van der Waals surface area contributed by atoms with Crippen molar-refractivity contribution in [1.29, 1.82) is 0 Å². The van der Waals surface area contributed by atoms with Crippen LogP contribution in [-0.2, 0) is 6.42 Å². The number of rotatable bonds is 4. The van der Waals surface area contributed by atoms with Gasteiger partial charge in [0, 0.05) is 34.6 Å². The van der Waals surface area contributed by atoms with E-state index >= 15 is 0 Å². The van der Waals surface area contributed by atoms with Gasteiger partial charge in [0.25, 0.3) is 0 Å². The van der Waals surface area contributed by atoms with Crippen LogP contribution in [0.15, 0.2) is 79.1 Å².